The van der Waals surface area contributed by atoms with E-state index in [0.717, 1.165) is 5.56 Å². The molecule has 0 aliphatic heterocycles. The Bertz CT molecular complexity index is 898. The molecule has 0 saturated heterocycles. The Labute approximate surface area is 181 Å². The number of hydrogen-bond acceptors (Lipinski definition) is 5. The SMILES string of the molecule is CC(NC(=O)C(=O)O)(OCc1ccccc1)C1CCC(C(=O)Nc2ccncc2)CC1. The highest BCUT2D eigenvalue weighted by atomic mass is 16.5. The number of pyridine rings is 1. The molecule has 1 saturated carbocycles. The van der Waals surface area contributed by atoms with Crippen LogP contribution in [0.5, 0.6) is 0 Å². The summed E-state index contributed by atoms with van der Waals surface area (Å²) in [4.78, 5) is 39.6. The molecule has 1 aliphatic carbocycles. The highest BCUT2D eigenvalue weighted by Gasteiger charge is 2.41. The molecule has 1 heterocycles. The van der Waals surface area contributed by atoms with Gasteiger partial charge in [0.15, 0.2) is 0 Å². The summed E-state index contributed by atoms with van der Waals surface area (Å²) >= 11 is 0. The fourth-order valence-electron chi connectivity index (χ4n) is 3.93. The Morgan fingerprint density at radius 3 is 2.32 bits per heavy atom. The molecule has 8 heteroatoms. The fourth-order valence-corrected chi connectivity index (χ4v) is 3.93. The summed E-state index contributed by atoms with van der Waals surface area (Å²) in [5.74, 6) is -2.98. The quantitative estimate of drug-likeness (QED) is 0.464. The Morgan fingerprint density at radius 2 is 1.71 bits per heavy atom. The van der Waals surface area contributed by atoms with Gasteiger partial charge in [-0.05, 0) is 50.3 Å². The lowest BCUT2D eigenvalue weighted by atomic mass is 9.76. The van der Waals surface area contributed by atoms with Gasteiger partial charge in [0.05, 0.1) is 6.61 Å². The predicted octanol–water partition coefficient (Wildman–Crippen LogP) is 2.96. The van der Waals surface area contributed by atoms with Crippen molar-refractivity contribution in [3.05, 3.63) is 60.4 Å². The van der Waals surface area contributed by atoms with Gasteiger partial charge in [-0.1, -0.05) is 30.3 Å². The third-order valence-corrected chi connectivity index (χ3v) is 5.76. The lowest BCUT2D eigenvalue weighted by Crippen LogP contribution is -2.56. The zero-order chi connectivity index (χ0) is 22.3. The van der Waals surface area contributed by atoms with Gasteiger partial charge < -0.3 is 20.5 Å². The summed E-state index contributed by atoms with van der Waals surface area (Å²) in [6.45, 7) is 1.94. The van der Waals surface area contributed by atoms with E-state index in [-0.39, 0.29) is 24.3 Å². The first kappa shape index (κ1) is 22.4. The fraction of sp³-hybridized carbons (Fsp3) is 0.391. The number of carbonyl (C=O) groups is 3. The molecule has 164 valence electrons. The van der Waals surface area contributed by atoms with E-state index in [1.54, 1.807) is 31.5 Å². The number of ether oxygens (including phenoxy) is 1. The number of nitrogens with zero attached hydrogens (tertiary/aromatic N) is 1. The highest BCUT2D eigenvalue weighted by molar-refractivity contribution is 6.31. The Kier molecular flexibility index (Phi) is 7.36. The first-order valence-corrected chi connectivity index (χ1v) is 10.3. The number of anilines is 1. The molecule has 8 nitrogen and oxygen atoms in total. The van der Waals surface area contributed by atoms with E-state index >= 15 is 0 Å². The van der Waals surface area contributed by atoms with Crippen molar-refractivity contribution < 1.29 is 24.2 Å². The van der Waals surface area contributed by atoms with Gasteiger partial charge in [0.2, 0.25) is 5.91 Å². The van der Waals surface area contributed by atoms with E-state index in [0.29, 0.717) is 31.4 Å². The third-order valence-electron chi connectivity index (χ3n) is 5.76. The average molecular weight is 425 g/mol. The Hall–Kier alpha value is -3.26. The first-order chi connectivity index (χ1) is 14.9. The number of carboxylic acid groups (broad SMARTS) is 1. The van der Waals surface area contributed by atoms with Crippen LogP contribution in [0.25, 0.3) is 0 Å². The van der Waals surface area contributed by atoms with Gasteiger partial charge in [0.25, 0.3) is 0 Å². The molecule has 1 aromatic heterocycles. The molecular weight excluding hydrogens is 398 g/mol. The van der Waals surface area contributed by atoms with Crippen LogP contribution in [0.4, 0.5) is 5.69 Å². The molecule has 2 aromatic rings. The monoisotopic (exact) mass is 425 g/mol. The van der Waals surface area contributed by atoms with Crippen molar-refractivity contribution in [3.63, 3.8) is 0 Å². The number of carboxylic acids is 1. The normalized spacial score (nSPS) is 20.3. The largest absolute Gasteiger partial charge is 0.474 e. The van der Waals surface area contributed by atoms with E-state index < -0.39 is 17.6 Å². The van der Waals surface area contributed by atoms with Crippen molar-refractivity contribution >= 4 is 23.5 Å². The van der Waals surface area contributed by atoms with Gasteiger partial charge in [-0.3, -0.25) is 14.6 Å². The first-order valence-electron chi connectivity index (χ1n) is 10.3. The summed E-state index contributed by atoms with van der Waals surface area (Å²) in [5, 5.41) is 14.5. The number of carbonyl (C=O) groups excluding carboxylic acids is 2. The summed E-state index contributed by atoms with van der Waals surface area (Å²) < 4.78 is 6.06. The molecule has 1 aromatic carbocycles. The minimum atomic E-state index is -1.56. The van der Waals surface area contributed by atoms with Crippen molar-refractivity contribution in [2.45, 2.75) is 44.9 Å². The van der Waals surface area contributed by atoms with Crippen molar-refractivity contribution in [1.29, 1.82) is 0 Å². The summed E-state index contributed by atoms with van der Waals surface area (Å²) in [6, 6.07) is 12.9. The van der Waals surface area contributed by atoms with Crippen LogP contribution in [0.15, 0.2) is 54.9 Å². The van der Waals surface area contributed by atoms with Crippen LogP contribution >= 0.6 is 0 Å². The van der Waals surface area contributed by atoms with E-state index in [1.807, 2.05) is 30.3 Å². The number of amides is 2. The lowest BCUT2D eigenvalue weighted by Gasteiger charge is -2.41. The second kappa shape index (κ2) is 10.2. The van der Waals surface area contributed by atoms with E-state index in [4.69, 9.17) is 9.84 Å². The number of benzene rings is 1. The molecule has 0 radical (unpaired) electrons. The third kappa shape index (κ3) is 6.11. The summed E-state index contributed by atoms with van der Waals surface area (Å²) in [7, 11) is 0. The van der Waals surface area contributed by atoms with Crippen molar-refractivity contribution in [2.75, 3.05) is 5.32 Å². The average Bonchev–Trinajstić information content (AvgIpc) is 2.79. The minimum Gasteiger partial charge on any atom is -0.474 e. The maximum Gasteiger partial charge on any atom is 0.394 e. The van der Waals surface area contributed by atoms with Gasteiger partial charge >= 0.3 is 11.9 Å². The number of aromatic nitrogens is 1. The van der Waals surface area contributed by atoms with Crippen LogP contribution in [0, 0.1) is 11.8 Å². The molecule has 1 fully saturated rings. The van der Waals surface area contributed by atoms with Crippen LogP contribution < -0.4 is 10.6 Å². The van der Waals surface area contributed by atoms with Crippen molar-refractivity contribution in [3.8, 4) is 0 Å². The topological polar surface area (TPSA) is 118 Å². The summed E-state index contributed by atoms with van der Waals surface area (Å²) in [6.07, 6.45) is 5.73. The van der Waals surface area contributed by atoms with Crippen LogP contribution in [0.1, 0.15) is 38.2 Å². The molecule has 1 aliphatic rings. The summed E-state index contributed by atoms with van der Waals surface area (Å²) in [5.41, 5.74) is 0.466. The molecule has 31 heavy (non-hydrogen) atoms. The second-order valence-electron chi connectivity index (χ2n) is 7.91. The molecule has 1 unspecified atom stereocenters. The van der Waals surface area contributed by atoms with Crippen molar-refractivity contribution in [1.82, 2.24) is 10.3 Å². The number of hydrogen-bond donors (Lipinski definition) is 3. The molecule has 0 bridgehead atoms. The molecule has 0 spiro atoms. The van der Waals surface area contributed by atoms with Crippen LogP contribution in [0.2, 0.25) is 0 Å². The molecule has 1 atom stereocenters. The zero-order valence-corrected chi connectivity index (χ0v) is 17.4. The predicted molar refractivity (Wildman–Crippen MR) is 114 cm³/mol. The number of nitrogens with one attached hydrogen (secondary N) is 2. The molecule has 3 N–H and O–H groups in total. The van der Waals surface area contributed by atoms with Gasteiger partial charge in [0, 0.05) is 29.9 Å². The lowest BCUT2D eigenvalue weighted by molar-refractivity contribution is -0.162. The highest BCUT2D eigenvalue weighted by Crippen LogP contribution is 2.37. The van der Waals surface area contributed by atoms with Gasteiger partial charge in [0.1, 0.15) is 5.72 Å². The molecule has 3 rings (SSSR count). The second-order valence-corrected chi connectivity index (χ2v) is 7.91. The molecular formula is C23H27N3O5. The van der Waals surface area contributed by atoms with Gasteiger partial charge in [-0.2, -0.15) is 0 Å². The Morgan fingerprint density at radius 1 is 1.06 bits per heavy atom. The van der Waals surface area contributed by atoms with Gasteiger partial charge in [-0.15, -0.1) is 0 Å². The Balaban J connectivity index is 1.63. The smallest absolute Gasteiger partial charge is 0.394 e. The van der Waals surface area contributed by atoms with E-state index in [9.17, 15) is 14.4 Å². The van der Waals surface area contributed by atoms with E-state index in [1.165, 1.54) is 0 Å². The zero-order valence-electron chi connectivity index (χ0n) is 17.4. The standard InChI is InChI=1S/C23H27N3O5/c1-23(26-21(28)22(29)30,31-15-16-5-3-2-4-6-16)18-9-7-17(8-10-18)20(27)25-19-11-13-24-14-12-19/h2-6,11-14,17-18H,7-10,15H2,1H3,(H,26,28)(H,29,30)(H,24,25,27). The van der Waals surface area contributed by atoms with Gasteiger partial charge in [-0.25, -0.2) is 4.79 Å². The van der Waals surface area contributed by atoms with Crippen LogP contribution in [-0.4, -0.2) is 33.6 Å². The maximum atomic E-state index is 12.6. The minimum absolute atomic E-state index is 0.0499. The van der Waals surface area contributed by atoms with E-state index in [2.05, 4.69) is 15.6 Å². The number of aliphatic carboxylic acids is 1. The van der Waals surface area contributed by atoms with Crippen LogP contribution in [0.3, 0.4) is 0 Å². The maximum absolute atomic E-state index is 12.6. The van der Waals surface area contributed by atoms with Crippen LogP contribution in [-0.2, 0) is 25.7 Å². The number of rotatable bonds is 7. The van der Waals surface area contributed by atoms with Crippen molar-refractivity contribution in [2.24, 2.45) is 11.8 Å². The molecule has 2 amide bonds.